The number of amides is 2. The summed E-state index contributed by atoms with van der Waals surface area (Å²) in [6.07, 6.45) is -4.66. The molecule has 3 rings (SSSR count). The first-order valence-corrected chi connectivity index (χ1v) is 9.83. The summed E-state index contributed by atoms with van der Waals surface area (Å²) < 4.78 is 48.9. The molecule has 1 unspecified atom stereocenters. The SMILES string of the molecule is COc1ccc(OC)c(NC(=O)CC2SC(=Nc3cccc(C(F)(F)F)c3)NC2=O)c1. The van der Waals surface area contributed by atoms with E-state index in [-0.39, 0.29) is 17.3 Å². The fourth-order valence-corrected chi connectivity index (χ4v) is 3.73. The molecule has 1 atom stereocenters. The molecular formula is C20H18F3N3O4S. The number of halogens is 3. The Kier molecular flexibility index (Phi) is 6.74. The van der Waals surface area contributed by atoms with Gasteiger partial charge in [0.1, 0.15) is 16.7 Å². The van der Waals surface area contributed by atoms with E-state index < -0.39 is 28.8 Å². The molecule has 7 nitrogen and oxygen atoms in total. The van der Waals surface area contributed by atoms with Gasteiger partial charge in [0, 0.05) is 12.5 Å². The van der Waals surface area contributed by atoms with Gasteiger partial charge in [0.15, 0.2) is 5.17 Å². The highest BCUT2D eigenvalue weighted by molar-refractivity contribution is 8.15. The lowest BCUT2D eigenvalue weighted by molar-refractivity contribution is -0.137. The number of carbonyl (C=O) groups is 2. The summed E-state index contributed by atoms with van der Waals surface area (Å²) in [5.74, 6) is 0.0343. The third-order valence-electron chi connectivity index (χ3n) is 4.23. The van der Waals surface area contributed by atoms with Crippen molar-refractivity contribution in [1.29, 1.82) is 0 Å². The number of aliphatic imine (C=N–C) groups is 1. The number of benzene rings is 2. The van der Waals surface area contributed by atoms with E-state index in [0.717, 1.165) is 23.9 Å². The van der Waals surface area contributed by atoms with Gasteiger partial charge in [-0.2, -0.15) is 13.2 Å². The lowest BCUT2D eigenvalue weighted by atomic mass is 10.2. The first-order chi connectivity index (χ1) is 14.7. The highest BCUT2D eigenvalue weighted by Crippen LogP contribution is 2.33. The summed E-state index contributed by atoms with van der Waals surface area (Å²) >= 11 is 0.975. The minimum Gasteiger partial charge on any atom is -0.497 e. The largest absolute Gasteiger partial charge is 0.497 e. The Morgan fingerprint density at radius 3 is 2.65 bits per heavy atom. The van der Waals surface area contributed by atoms with Crippen LogP contribution in [0, 0.1) is 0 Å². The third kappa shape index (κ3) is 5.69. The van der Waals surface area contributed by atoms with Gasteiger partial charge in [0.2, 0.25) is 11.8 Å². The summed E-state index contributed by atoms with van der Waals surface area (Å²) in [5, 5.41) is 4.51. The Labute approximate surface area is 180 Å². The van der Waals surface area contributed by atoms with Crippen molar-refractivity contribution >= 4 is 40.1 Å². The Bertz CT molecular complexity index is 1030. The molecule has 164 valence electrons. The van der Waals surface area contributed by atoms with E-state index in [1.807, 2.05) is 0 Å². The average molecular weight is 453 g/mol. The summed E-state index contributed by atoms with van der Waals surface area (Å²) in [7, 11) is 2.94. The smallest absolute Gasteiger partial charge is 0.416 e. The van der Waals surface area contributed by atoms with Crippen LogP contribution in [-0.2, 0) is 15.8 Å². The van der Waals surface area contributed by atoms with E-state index in [1.165, 1.54) is 26.4 Å². The number of nitrogens with zero attached hydrogens (tertiary/aromatic N) is 1. The number of methoxy groups -OCH3 is 2. The van der Waals surface area contributed by atoms with Gasteiger partial charge in [-0.3, -0.25) is 9.59 Å². The van der Waals surface area contributed by atoms with Gasteiger partial charge < -0.3 is 20.1 Å². The predicted molar refractivity (Wildman–Crippen MR) is 111 cm³/mol. The molecule has 0 aliphatic carbocycles. The third-order valence-corrected chi connectivity index (χ3v) is 5.31. The second-order valence-corrected chi connectivity index (χ2v) is 7.57. The number of rotatable bonds is 6. The minimum absolute atomic E-state index is 0.0452. The van der Waals surface area contributed by atoms with Crippen LogP contribution in [0.15, 0.2) is 47.5 Å². The van der Waals surface area contributed by atoms with Gasteiger partial charge in [-0.1, -0.05) is 17.8 Å². The second-order valence-electron chi connectivity index (χ2n) is 6.38. The quantitative estimate of drug-likeness (QED) is 0.691. The van der Waals surface area contributed by atoms with Crippen LogP contribution in [-0.4, -0.2) is 36.5 Å². The molecule has 0 spiro atoms. The van der Waals surface area contributed by atoms with Gasteiger partial charge >= 0.3 is 6.18 Å². The van der Waals surface area contributed by atoms with Crippen LogP contribution in [0.25, 0.3) is 0 Å². The highest BCUT2D eigenvalue weighted by Gasteiger charge is 2.33. The first kappa shape index (κ1) is 22.5. The second kappa shape index (κ2) is 9.29. The van der Waals surface area contributed by atoms with Gasteiger partial charge in [-0.05, 0) is 30.3 Å². The maximum absolute atomic E-state index is 12.8. The van der Waals surface area contributed by atoms with Gasteiger partial charge in [0.25, 0.3) is 0 Å². The minimum atomic E-state index is -4.50. The molecule has 0 aromatic heterocycles. The Hall–Kier alpha value is -3.21. The molecule has 1 saturated heterocycles. The van der Waals surface area contributed by atoms with Gasteiger partial charge in [0.05, 0.1) is 31.2 Å². The van der Waals surface area contributed by atoms with Crippen LogP contribution in [0.1, 0.15) is 12.0 Å². The summed E-state index contributed by atoms with van der Waals surface area (Å²) in [4.78, 5) is 28.7. The molecule has 1 heterocycles. The van der Waals surface area contributed by atoms with E-state index in [4.69, 9.17) is 9.47 Å². The van der Waals surface area contributed by atoms with Crippen molar-refractivity contribution in [2.24, 2.45) is 4.99 Å². The maximum atomic E-state index is 12.8. The Morgan fingerprint density at radius 2 is 1.97 bits per heavy atom. The molecule has 2 N–H and O–H groups in total. The standard InChI is InChI=1S/C20H18F3N3O4S/c1-29-13-6-7-15(30-2)14(9-13)25-17(27)10-16-18(28)26-19(31-16)24-12-5-3-4-11(8-12)20(21,22)23/h3-9,16H,10H2,1-2H3,(H,25,27)(H,24,26,28). The van der Waals surface area contributed by atoms with E-state index >= 15 is 0 Å². The summed E-state index contributed by atoms with van der Waals surface area (Å²) in [6, 6.07) is 9.33. The molecule has 11 heteroatoms. The molecule has 31 heavy (non-hydrogen) atoms. The molecule has 0 saturated carbocycles. The molecule has 2 aromatic rings. The van der Waals surface area contributed by atoms with Crippen molar-refractivity contribution in [3.8, 4) is 11.5 Å². The lowest BCUT2D eigenvalue weighted by Crippen LogP contribution is -2.28. The zero-order valence-corrected chi connectivity index (χ0v) is 17.3. The van der Waals surface area contributed by atoms with Gasteiger partial charge in [-0.25, -0.2) is 4.99 Å². The van der Waals surface area contributed by atoms with Crippen LogP contribution in [0.3, 0.4) is 0 Å². The first-order valence-electron chi connectivity index (χ1n) is 8.95. The number of ether oxygens (including phenoxy) is 2. The molecule has 2 aromatic carbocycles. The summed E-state index contributed by atoms with van der Waals surface area (Å²) in [6.45, 7) is 0. The Morgan fingerprint density at radius 1 is 1.19 bits per heavy atom. The van der Waals surface area contributed by atoms with Crippen molar-refractivity contribution in [3.05, 3.63) is 48.0 Å². The molecule has 2 amide bonds. The fraction of sp³-hybridized carbons (Fsp3) is 0.250. The lowest BCUT2D eigenvalue weighted by Gasteiger charge is -2.12. The normalized spacial score (nSPS) is 17.4. The Balaban J connectivity index is 1.67. The van der Waals surface area contributed by atoms with Crippen LogP contribution >= 0.6 is 11.8 Å². The van der Waals surface area contributed by atoms with E-state index in [0.29, 0.717) is 17.2 Å². The molecule has 1 aliphatic rings. The van der Waals surface area contributed by atoms with E-state index in [9.17, 15) is 22.8 Å². The number of anilines is 1. The zero-order chi connectivity index (χ0) is 22.6. The van der Waals surface area contributed by atoms with Crippen molar-refractivity contribution in [3.63, 3.8) is 0 Å². The van der Waals surface area contributed by atoms with E-state index in [2.05, 4.69) is 15.6 Å². The molecular weight excluding hydrogens is 435 g/mol. The average Bonchev–Trinajstić information content (AvgIpc) is 3.05. The molecule has 1 aliphatic heterocycles. The molecule has 1 fully saturated rings. The number of thioether (sulfide) groups is 1. The number of carbonyl (C=O) groups excluding carboxylic acids is 2. The number of nitrogens with one attached hydrogen (secondary N) is 2. The highest BCUT2D eigenvalue weighted by atomic mass is 32.2. The zero-order valence-electron chi connectivity index (χ0n) is 16.4. The van der Waals surface area contributed by atoms with Crippen LogP contribution in [0.5, 0.6) is 11.5 Å². The molecule has 0 bridgehead atoms. The van der Waals surface area contributed by atoms with Crippen LogP contribution in [0.4, 0.5) is 24.5 Å². The topological polar surface area (TPSA) is 89.0 Å². The van der Waals surface area contributed by atoms with Crippen LogP contribution < -0.4 is 20.1 Å². The van der Waals surface area contributed by atoms with Crippen LogP contribution in [0.2, 0.25) is 0 Å². The van der Waals surface area contributed by atoms with Gasteiger partial charge in [-0.15, -0.1) is 0 Å². The maximum Gasteiger partial charge on any atom is 0.416 e. The van der Waals surface area contributed by atoms with Crippen molar-refractivity contribution in [1.82, 2.24) is 5.32 Å². The number of alkyl halides is 3. The number of hydrogen-bond acceptors (Lipinski definition) is 6. The summed E-state index contributed by atoms with van der Waals surface area (Å²) in [5.41, 5.74) is -0.413. The van der Waals surface area contributed by atoms with Crippen molar-refractivity contribution < 1.29 is 32.2 Å². The van der Waals surface area contributed by atoms with E-state index in [1.54, 1.807) is 18.2 Å². The number of hydrogen-bond donors (Lipinski definition) is 2. The predicted octanol–water partition coefficient (Wildman–Crippen LogP) is 3.97. The van der Waals surface area contributed by atoms with Crippen molar-refractivity contribution in [2.75, 3.05) is 19.5 Å². The number of amidine groups is 1. The fourth-order valence-electron chi connectivity index (χ4n) is 2.74. The monoisotopic (exact) mass is 453 g/mol. The van der Waals surface area contributed by atoms with Crippen molar-refractivity contribution in [2.45, 2.75) is 17.8 Å². The molecule has 0 radical (unpaired) electrons.